The number of aryl methyl sites for hydroxylation is 1. The molecule has 0 radical (unpaired) electrons. The monoisotopic (exact) mass is 583 g/mol. The third-order valence-corrected chi connectivity index (χ3v) is 5.90. The molecule has 0 aliphatic rings. The highest BCUT2D eigenvalue weighted by molar-refractivity contribution is 7.88. The van der Waals surface area contributed by atoms with E-state index in [1.165, 1.54) is 7.11 Å². The Morgan fingerprint density at radius 2 is 1.89 bits per heavy atom. The largest absolute Gasteiger partial charge is 0.491 e. The second-order valence-corrected chi connectivity index (χ2v) is 10.0. The van der Waals surface area contributed by atoms with Crippen molar-refractivity contribution < 1.29 is 45.3 Å². The van der Waals surface area contributed by atoms with E-state index >= 15 is 0 Å². The van der Waals surface area contributed by atoms with Crippen molar-refractivity contribution in [2.75, 3.05) is 26.9 Å². The molecule has 212 valence electrons. The molecule has 2 aromatic rings. The van der Waals surface area contributed by atoms with Crippen LogP contribution < -0.4 is 18.9 Å². The van der Waals surface area contributed by atoms with Gasteiger partial charge in [-0.3, -0.25) is 0 Å². The van der Waals surface area contributed by atoms with Gasteiger partial charge >= 0.3 is 22.5 Å². The molecular weight excluding hydrogens is 555 g/mol. The molecule has 2 N–H and O–H groups in total. The van der Waals surface area contributed by atoms with E-state index in [0.717, 1.165) is 0 Å². The van der Waals surface area contributed by atoms with Crippen LogP contribution in [0.15, 0.2) is 30.5 Å². The Balaban J connectivity index is 2.03. The van der Waals surface area contributed by atoms with Gasteiger partial charge in [-0.1, -0.05) is 17.7 Å². The Morgan fingerprint density at radius 3 is 2.53 bits per heavy atom. The van der Waals surface area contributed by atoms with Crippen molar-refractivity contribution in [3.8, 4) is 17.4 Å². The summed E-state index contributed by atoms with van der Waals surface area (Å²) in [6.45, 7) is 3.94. The Bertz CT molecular complexity index is 1180. The maximum atomic E-state index is 12.9. The molecule has 38 heavy (non-hydrogen) atoms. The van der Waals surface area contributed by atoms with Crippen LogP contribution in [-0.2, 0) is 32.3 Å². The van der Waals surface area contributed by atoms with Crippen LogP contribution in [-0.4, -0.2) is 52.5 Å². The summed E-state index contributed by atoms with van der Waals surface area (Å²) in [6.07, 6.45) is -4.32. The van der Waals surface area contributed by atoms with Crippen LogP contribution in [0.25, 0.3) is 0 Å². The Morgan fingerprint density at radius 1 is 1.16 bits per heavy atom. The SMILES string of the molecule is COCCCNS(=O)(=O)NC(=O)OCCCc1ccc(OC(C)C)cc1Oc1ncc(C(F)(F)F)cc1Cl. The highest BCUT2D eigenvalue weighted by Crippen LogP contribution is 2.36. The molecule has 1 amide bonds. The molecule has 1 aromatic carbocycles. The smallest absolute Gasteiger partial charge is 0.421 e. The zero-order chi connectivity index (χ0) is 28.3. The van der Waals surface area contributed by atoms with Crippen molar-refractivity contribution in [1.29, 1.82) is 0 Å². The van der Waals surface area contributed by atoms with Gasteiger partial charge < -0.3 is 18.9 Å². The van der Waals surface area contributed by atoms with Gasteiger partial charge in [0.15, 0.2) is 0 Å². The van der Waals surface area contributed by atoms with Crippen LogP contribution in [0.2, 0.25) is 5.02 Å². The lowest BCUT2D eigenvalue weighted by atomic mass is 10.1. The second kappa shape index (κ2) is 14.4. The first-order chi connectivity index (χ1) is 17.8. The number of benzene rings is 1. The Hall–Kier alpha value is -2.81. The van der Waals surface area contributed by atoms with Crippen LogP contribution >= 0.6 is 11.6 Å². The molecule has 0 fully saturated rings. The number of halogens is 4. The van der Waals surface area contributed by atoms with Gasteiger partial charge in [-0.05, 0) is 50.8 Å². The highest BCUT2D eigenvalue weighted by Gasteiger charge is 2.32. The lowest BCUT2D eigenvalue weighted by Crippen LogP contribution is -2.41. The van der Waals surface area contributed by atoms with E-state index in [-0.39, 0.29) is 42.3 Å². The average Bonchev–Trinajstić information content (AvgIpc) is 2.80. The molecule has 0 aliphatic carbocycles. The molecule has 0 aliphatic heterocycles. The van der Waals surface area contributed by atoms with E-state index in [1.54, 1.807) is 22.9 Å². The van der Waals surface area contributed by atoms with Crippen molar-refractivity contribution in [1.82, 2.24) is 14.4 Å². The number of amides is 1. The number of pyridine rings is 1. The predicted octanol–water partition coefficient (Wildman–Crippen LogP) is 4.86. The van der Waals surface area contributed by atoms with E-state index in [1.807, 2.05) is 13.8 Å². The van der Waals surface area contributed by atoms with E-state index < -0.39 is 28.0 Å². The standard InChI is InChI=1S/C23H29ClF3N3O7S/c1-15(2)36-18-8-7-16(6-4-11-35-22(31)30-38(32,33)29-9-5-10-34-3)20(13-18)37-21-19(24)12-17(14-28-21)23(25,26)27/h7-8,12-15,29H,4-6,9-11H2,1-3H3,(H,30,31). The number of methoxy groups -OCH3 is 1. The fourth-order valence-electron chi connectivity index (χ4n) is 2.97. The summed E-state index contributed by atoms with van der Waals surface area (Å²) in [6, 6.07) is 5.62. The summed E-state index contributed by atoms with van der Waals surface area (Å²) in [7, 11) is -2.60. The number of hydrogen-bond acceptors (Lipinski definition) is 8. The Labute approximate surface area is 223 Å². The molecule has 1 aromatic heterocycles. The van der Waals surface area contributed by atoms with Crippen molar-refractivity contribution in [2.24, 2.45) is 0 Å². The van der Waals surface area contributed by atoms with Gasteiger partial charge in [0.2, 0.25) is 5.88 Å². The zero-order valence-electron chi connectivity index (χ0n) is 20.9. The van der Waals surface area contributed by atoms with E-state index in [0.29, 0.717) is 43.0 Å². The molecule has 0 bridgehead atoms. The van der Waals surface area contributed by atoms with Crippen LogP contribution in [0.3, 0.4) is 0 Å². The lowest BCUT2D eigenvalue weighted by molar-refractivity contribution is -0.137. The fraction of sp³-hybridized carbons (Fsp3) is 0.478. The number of carbonyl (C=O) groups is 1. The van der Waals surface area contributed by atoms with Gasteiger partial charge in [0.25, 0.3) is 0 Å². The van der Waals surface area contributed by atoms with Crippen molar-refractivity contribution in [2.45, 2.75) is 45.4 Å². The summed E-state index contributed by atoms with van der Waals surface area (Å²) in [5.74, 6) is 0.437. The maximum absolute atomic E-state index is 12.9. The van der Waals surface area contributed by atoms with Crippen molar-refractivity contribution in [3.05, 3.63) is 46.6 Å². The van der Waals surface area contributed by atoms with E-state index in [2.05, 4.69) is 9.71 Å². The summed E-state index contributed by atoms with van der Waals surface area (Å²) in [5.41, 5.74) is -0.426. The van der Waals surface area contributed by atoms with Crippen LogP contribution in [0.1, 0.15) is 37.8 Å². The lowest BCUT2D eigenvalue weighted by Gasteiger charge is -2.16. The van der Waals surface area contributed by atoms with Gasteiger partial charge in [-0.2, -0.15) is 26.3 Å². The third kappa shape index (κ3) is 10.9. The first-order valence-electron chi connectivity index (χ1n) is 11.4. The molecule has 0 saturated heterocycles. The van der Waals surface area contributed by atoms with Crippen LogP contribution in [0, 0.1) is 0 Å². The first-order valence-corrected chi connectivity index (χ1v) is 13.3. The molecule has 0 atom stereocenters. The van der Waals surface area contributed by atoms with E-state index in [9.17, 15) is 26.4 Å². The normalized spacial score (nSPS) is 11.9. The van der Waals surface area contributed by atoms with Gasteiger partial charge in [0.1, 0.15) is 16.5 Å². The Kier molecular flexibility index (Phi) is 11.9. The van der Waals surface area contributed by atoms with E-state index in [4.69, 9.17) is 30.5 Å². The molecule has 0 spiro atoms. The molecule has 1 heterocycles. The third-order valence-electron chi connectivity index (χ3n) is 4.61. The molecule has 10 nitrogen and oxygen atoms in total. The number of alkyl halides is 3. The number of rotatable bonds is 14. The minimum atomic E-state index is -4.61. The number of nitrogens with zero attached hydrogens (tertiary/aromatic N) is 1. The van der Waals surface area contributed by atoms with Crippen molar-refractivity contribution in [3.63, 3.8) is 0 Å². The average molecular weight is 584 g/mol. The van der Waals surface area contributed by atoms with Gasteiger partial charge in [-0.25, -0.2) is 14.5 Å². The minimum Gasteiger partial charge on any atom is -0.491 e. The minimum absolute atomic E-state index is 0.0769. The predicted molar refractivity (Wildman–Crippen MR) is 133 cm³/mol. The fourth-order valence-corrected chi connectivity index (χ4v) is 3.94. The highest BCUT2D eigenvalue weighted by atomic mass is 35.5. The van der Waals surface area contributed by atoms with Crippen molar-refractivity contribution >= 4 is 27.9 Å². The van der Waals surface area contributed by atoms with Gasteiger partial charge in [0, 0.05) is 32.5 Å². The molecule has 2 rings (SSSR count). The summed E-state index contributed by atoms with van der Waals surface area (Å²) < 4.78 is 87.5. The second-order valence-electron chi connectivity index (χ2n) is 8.13. The summed E-state index contributed by atoms with van der Waals surface area (Å²) >= 11 is 5.98. The molecule has 15 heteroatoms. The molecule has 0 saturated carbocycles. The number of nitrogens with one attached hydrogen (secondary N) is 2. The van der Waals surface area contributed by atoms with Gasteiger partial charge in [0.05, 0.1) is 18.3 Å². The first kappa shape index (κ1) is 31.4. The molecule has 0 unspecified atom stereocenters. The number of aromatic nitrogens is 1. The topological polar surface area (TPSA) is 125 Å². The number of ether oxygens (including phenoxy) is 4. The maximum Gasteiger partial charge on any atom is 0.421 e. The van der Waals surface area contributed by atoms with Gasteiger partial charge in [-0.15, -0.1) is 0 Å². The van der Waals surface area contributed by atoms with Crippen LogP contribution in [0.5, 0.6) is 17.4 Å². The summed E-state index contributed by atoms with van der Waals surface area (Å²) in [5, 5.41) is -0.335. The zero-order valence-corrected chi connectivity index (χ0v) is 22.5. The van der Waals surface area contributed by atoms with Crippen LogP contribution in [0.4, 0.5) is 18.0 Å². The molecular formula is C23H29ClF3N3O7S. The summed E-state index contributed by atoms with van der Waals surface area (Å²) in [4.78, 5) is 15.5. The number of carbonyl (C=O) groups excluding carboxylic acids is 1. The quantitative estimate of drug-likeness (QED) is 0.302. The number of hydrogen-bond donors (Lipinski definition) is 2.